The van der Waals surface area contributed by atoms with E-state index < -0.39 is 0 Å². The number of hydrogen-bond donors (Lipinski definition) is 0. The first kappa shape index (κ1) is 22.7. The lowest BCUT2D eigenvalue weighted by atomic mass is 10.1. The monoisotopic (exact) mass is 506 g/mol. The Labute approximate surface area is 212 Å². The number of hydrogen-bond acceptors (Lipinski definition) is 5. The number of nitrogens with zero attached hydrogens (tertiary/aromatic N) is 2. The second-order valence-corrected chi connectivity index (χ2v) is 9.93. The van der Waals surface area contributed by atoms with Crippen molar-refractivity contribution in [1.82, 2.24) is 4.90 Å². The minimum absolute atomic E-state index is 0.207. The molecule has 3 aromatic carbocycles. The van der Waals surface area contributed by atoms with Crippen LogP contribution in [0.3, 0.4) is 0 Å². The summed E-state index contributed by atoms with van der Waals surface area (Å²) < 4.78 is 5.64. The molecule has 8 heteroatoms. The molecule has 170 valence electrons. The summed E-state index contributed by atoms with van der Waals surface area (Å²) in [5.41, 5.74) is 3.79. The SMILES string of the molecule is COc1ccc(CN2C(=O)/C(=C3/C(=O)N(Cc4ccc(Cl)cc4)c4ccccc43)SC2=S)cc1. The van der Waals surface area contributed by atoms with Gasteiger partial charge >= 0.3 is 0 Å². The van der Waals surface area contributed by atoms with Crippen LogP contribution in [0.25, 0.3) is 5.57 Å². The molecule has 0 bridgehead atoms. The van der Waals surface area contributed by atoms with E-state index in [2.05, 4.69) is 0 Å². The smallest absolute Gasteiger partial charge is 0.267 e. The summed E-state index contributed by atoms with van der Waals surface area (Å²) >= 11 is 12.7. The predicted molar refractivity (Wildman–Crippen MR) is 140 cm³/mol. The molecule has 2 amide bonds. The lowest BCUT2D eigenvalue weighted by molar-refractivity contribution is -0.122. The first-order valence-corrected chi connectivity index (χ1v) is 12.1. The van der Waals surface area contributed by atoms with Crippen molar-refractivity contribution in [1.29, 1.82) is 0 Å². The summed E-state index contributed by atoms with van der Waals surface area (Å²) in [6.45, 7) is 0.707. The minimum Gasteiger partial charge on any atom is -0.497 e. The van der Waals surface area contributed by atoms with Crippen molar-refractivity contribution in [3.8, 4) is 5.75 Å². The summed E-state index contributed by atoms with van der Waals surface area (Å²) in [5, 5.41) is 0.637. The number of methoxy groups -OCH3 is 1. The first-order valence-electron chi connectivity index (χ1n) is 10.5. The highest BCUT2D eigenvalue weighted by molar-refractivity contribution is 8.26. The fourth-order valence-corrected chi connectivity index (χ4v) is 5.48. The van der Waals surface area contributed by atoms with Gasteiger partial charge in [0, 0.05) is 10.6 Å². The van der Waals surface area contributed by atoms with Crippen molar-refractivity contribution in [2.45, 2.75) is 13.1 Å². The Bertz CT molecular complexity index is 1340. The van der Waals surface area contributed by atoms with E-state index >= 15 is 0 Å². The number of carbonyl (C=O) groups is 2. The minimum atomic E-state index is -0.252. The fraction of sp³-hybridized carbons (Fsp3) is 0.115. The molecule has 1 fully saturated rings. The Morgan fingerprint density at radius 2 is 1.47 bits per heavy atom. The standard InChI is InChI=1S/C26H19ClN2O3S2/c1-32-19-12-8-17(9-13-19)15-29-25(31)23(34-26(29)33)22-20-4-2-3-5-21(20)28(24(22)30)14-16-6-10-18(27)11-7-16/h2-13H,14-15H2,1H3/b23-22-. The van der Waals surface area contributed by atoms with Crippen LogP contribution in [-0.2, 0) is 22.7 Å². The van der Waals surface area contributed by atoms with Crippen LogP contribution in [0.5, 0.6) is 5.75 Å². The maximum Gasteiger partial charge on any atom is 0.267 e. The van der Waals surface area contributed by atoms with E-state index in [1.165, 1.54) is 11.8 Å². The summed E-state index contributed by atoms with van der Waals surface area (Å²) in [4.78, 5) is 30.7. The number of thiocarbonyl (C=S) groups is 1. The quantitative estimate of drug-likeness (QED) is 0.330. The van der Waals surface area contributed by atoms with Gasteiger partial charge in [-0.05, 0) is 41.5 Å². The maximum atomic E-state index is 13.6. The number of para-hydroxylation sites is 1. The van der Waals surface area contributed by atoms with Gasteiger partial charge in [0.05, 0.1) is 36.4 Å². The first-order chi connectivity index (χ1) is 16.5. The molecule has 0 aliphatic carbocycles. The molecule has 2 aliphatic rings. The van der Waals surface area contributed by atoms with Gasteiger partial charge in [-0.1, -0.05) is 78.0 Å². The third-order valence-electron chi connectivity index (χ3n) is 5.75. The van der Waals surface area contributed by atoms with Gasteiger partial charge in [0.25, 0.3) is 11.8 Å². The molecule has 2 aliphatic heterocycles. The Morgan fingerprint density at radius 1 is 0.853 bits per heavy atom. The highest BCUT2D eigenvalue weighted by Crippen LogP contribution is 2.45. The van der Waals surface area contributed by atoms with E-state index in [1.807, 2.05) is 60.7 Å². The van der Waals surface area contributed by atoms with E-state index in [-0.39, 0.29) is 11.8 Å². The molecule has 0 saturated carbocycles. The number of anilines is 1. The van der Waals surface area contributed by atoms with Gasteiger partial charge in [0.1, 0.15) is 10.1 Å². The molecule has 0 atom stereocenters. The molecular formula is C26H19ClN2O3S2. The second kappa shape index (κ2) is 9.25. The maximum absolute atomic E-state index is 13.6. The molecule has 0 N–H and O–H groups in total. The van der Waals surface area contributed by atoms with E-state index in [1.54, 1.807) is 29.0 Å². The number of rotatable bonds is 5. The van der Waals surface area contributed by atoms with Crippen LogP contribution in [0.2, 0.25) is 5.02 Å². The number of carbonyl (C=O) groups excluding carboxylic acids is 2. The average molecular weight is 507 g/mol. The molecule has 0 spiro atoms. The number of thioether (sulfide) groups is 1. The number of amides is 2. The normalized spacial score (nSPS) is 17.5. The van der Waals surface area contributed by atoms with E-state index in [0.717, 1.165) is 28.1 Å². The van der Waals surface area contributed by atoms with Crippen molar-refractivity contribution < 1.29 is 14.3 Å². The van der Waals surface area contributed by atoms with Crippen LogP contribution in [0.1, 0.15) is 16.7 Å². The third kappa shape index (κ3) is 4.11. The summed E-state index contributed by atoms with van der Waals surface area (Å²) in [6, 6.07) is 22.4. The van der Waals surface area contributed by atoms with Crippen molar-refractivity contribution in [3.05, 3.63) is 99.4 Å². The zero-order valence-electron chi connectivity index (χ0n) is 18.2. The zero-order valence-corrected chi connectivity index (χ0v) is 20.5. The Balaban J connectivity index is 1.47. The number of benzene rings is 3. The molecule has 5 rings (SSSR count). The molecule has 0 radical (unpaired) electrons. The lowest BCUT2D eigenvalue weighted by Gasteiger charge is -2.17. The van der Waals surface area contributed by atoms with Gasteiger partial charge in [-0.25, -0.2) is 0 Å². The van der Waals surface area contributed by atoms with Crippen LogP contribution in [-0.4, -0.2) is 28.1 Å². The van der Waals surface area contributed by atoms with E-state index in [0.29, 0.717) is 32.9 Å². The van der Waals surface area contributed by atoms with Crippen LogP contribution in [0.15, 0.2) is 77.7 Å². The van der Waals surface area contributed by atoms with Crippen molar-refractivity contribution in [2.24, 2.45) is 0 Å². The molecule has 0 aromatic heterocycles. The predicted octanol–water partition coefficient (Wildman–Crippen LogP) is 5.67. The van der Waals surface area contributed by atoms with Crippen LogP contribution in [0, 0.1) is 0 Å². The van der Waals surface area contributed by atoms with E-state index in [9.17, 15) is 9.59 Å². The highest BCUT2D eigenvalue weighted by Gasteiger charge is 2.41. The van der Waals surface area contributed by atoms with Crippen LogP contribution >= 0.6 is 35.6 Å². The third-order valence-corrected chi connectivity index (χ3v) is 7.45. The Kier molecular flexibility index (Phi) is 6.16. The number of fused-ring (bicyclic) bond motifs is 1. The fourth-order valence-electron chi connectivity index (χ4n) is 4.03. The Hall–Kier alpha value is -3.13. The largest absolute Gasteiger partial charge is 0.497 e. The van der Waals surface area contributed by atoms with Gasteiger partial charge in [-0.2, -0.15) is 0 Å². The van der Waals surface area contributed by atoms with Gasteiger partial charge in [-0.3, -0.25) is 14.5 Å². The molecule has 1 saturated heterocycles. The lowest BCUT2D eigenvalue weighted by Crippen LogP contribution is -2.29. The summed E-state index contributed by atoms with van der Waals surface area (Å²) in [7, 11) is 1.61. The summed E-state index contributed by atoms with van der Waals surface area (Å²) in [6.07, 6.45) is 0. The molecular weight excluding hydrogens is 488 g/mol. The molecule has 2 heterocycles. The van der Waals surface area contributed by atoms with Gasteiger partial charge < -0.3 is 9.64 Å². The zero-order chi connectivity index (χ0) is 23.8. The second-order valence-electron chi connectivity index (χ2n) is 7.85. The molecule has 0 unspecified atom stereocenters. The van der Waals surface area contributed by atoms with Crippen molar-refractivity contribution in [2.75, 3.05) is 12.0 Å². The van der Waals surface area contributed by atoms with Crippen LogP contribution in [0.4, 0.5) is 5.69 Å². The van der Waals surface area contributed by atoms with Crippen LogP contribution < -0.4 is 9.64 Å². The number of halogens is 1. The van der Waals surface area contributed by atoms with Gasteiger partial charge in [0.2, 0.25) is 0 Å². The van der Waals surface area contributed by atoms with Gasteiger partial charge in [0.15, 0.2) is 0 Å². The molecule has 34 heavy (non-hydrogen) atoms. The Morgan fingerprint density at radius 3 is 2.15 bits per heavy atom. The van der Waals surface area contributed by atoms with Gasteiger partial charge in [-0.15, -0.1) is 0 Å². The average Bonchev–Trinajstić information content (AvgIpc) is 3.28. The molecule has 5 nitrogen and oxygen atoms in total. The topological polar surface area (TPSA) is 49.9 Å². The highest BCUT2D eigenvalue weighted by atomic mass is 35.5. The summed E-state index contributed by atoms with van der Waals surface area (Å²) in [5.74, 6) is 0.281. The van der Waals surface area contributed by atoms with Crippen molar-refractivity contribution >= 4 is 63.0 Å². The van der Waals surface area contributed by atoms with Crippen molar-refractivity contribution in [3.63, 3.8) is 0 Å². The molecule has 3 aromatic rings. The number of ether oxygens (including phenoxy) is 1. The van der Waals surface area contributed by atoms with E-state index in [4.69, 9.17) is 28.6 Å².